The van der Waals surface area contributed by atoms with E-state index >= 15 is 0 Å². The number of nitrogens with zero attached hydrogens (tertiary/aromatic N) is 5. The Hall–Kier alpha value is -3.29. The molecule has 1 amide bonds. The maximum Gasteiger partial charge on any atom is 0.224 e. The molecule has 8 heteroatoms. The number of hydrogen-bond donors (Lipinski definition) is 1. The highest BCUT2D eigenvalue weighted by atomic mass is 16.5. The summed E-state index contributed by atoms with van der Waals surface area (Å²) in [6.07, 6.45) is 3.79. The van der Waals surface area contributed by atoms with Gasteiger partial charge in [0.2, 0.25) is 5.91 Å². The third-order valence-corrected chi connectivity index (χ3v) is 5.01. The van der Waals surface area contributed by atoms with Gasteiger partial charge in [0.1, 0.15) is 5.76 Å². The van der Waals surface area contributed by atoms with Crippen molar-refractivity contribution in [2.24, 2.45) is 5.92 Å². The average molecular weight is 378 g/mol. The number of anilines is 1. The minimum absolute atomic E-state index is 0.00524. The molecule has 1 saturated heterocycles. The van der Waals surface area contributed by atoms with Crippen molar-refractivity contribution in [1.82, 2.24) is 25.7 Å². The predicted octanol–water partition coefficient (Wildman–Crippen LogP) is 1.94. The summed E-state index contributed by atoms with van der Waals surface area (Å²) < 4.78 is 5.10. The summed E-state index contributed by atoms with van der Waals surface area (Å²) in [5.41, 5.74) is 3.47. The first-order chi connectivity index (χ1) is 13.6. The molecule has 4 heterocycles. The van der Waals surface area contributed by atoms with Crippen LogP contribution < -0.4 is 10.2 Å². The van der Waals surface area contributed by atoms with E-state index in [0.717, 1.165) is 41.4 Å². The van der Waals surface area contributed by atoms with Gasteiger partial charge in [-0.3, -0.25) is 9.78 Å². The Morgan fingerprint density at radius 1 is 1.18 bits per heavy atom. The zero-order chi connectivity index (χ0) is 19.5. The van der Waals surface area contributed by atoms with Crippen molar-refractivity contribution in [3.8, 4) is 11.3 Å². The first-order valence-corrected chi connectivity index (χ1v) is 9.27. The smallest absolute Gasteiger partial charge is 0.224 e. The molecule has 0 radical (unpaired) electrons. The molecule has 0 unspecified atom stereocenters. The number of rotatable bonds is 6. The monoisotopic (exact) mass is 378 g/mol. The molecule has 0 saturated carbocycles. The van der Waals surface area contributed by atoms with Crippen LogP contribution in [0.2, 0.25) is 0 Å². The molecule has 0 aliphatic carbocycles. The van der Waals surface area contributed by atoms with Gasteiger partial charge in [-0.1, -0.05) is 5.16 Å². The van der Waals surface area contributed by atoms with Gasteiger partial charge in [0.25, 0.3) is 0 Å². The summed E-state index contributed by atoms with van der Waals surface area (Å²) in [6.45, 7) is 6.04. The van der Waals surface area contributed by atoms with Gasteiger partial charge in [0.15, 0.2) is 5.82 Å². The molecule has 1 N–H and O–H groups in total. The van der Waals surface area contributed by atoms with Crippen molar-refractivity contribution >= 4 is 11.7 Å². The van der Waals surface area contributed by atoms with Gasteiger partial charge in [0, 0.05) is 49.1 Å². The van der Waals surface area contributed by atoms with Crippen molar-refractivity contribution in [3.05, 3.63) is 53.7 Å². The van der Waals surface area contributed by atoms with Crippen molar-refractivity contribution in [1.29, 1.82) is 0 Å². The van der Waals surface area contributed by atoms with E-state index in [1.807, 2.05) is 38.1 Å². The van der Waals surface area contributed by atoms with Crippen LogP contribution in [0.5, 0.6) is 0 Å². The van der Waals surface area contributed by atoms with Gasteiger partial charge in [-0.15, -0.1) is 10.2 Å². The van der Waals surface area contributed by atoms with Crippen LogP contribution in [0.3, 0.4) is 0 Å². The van der Waals surface area contributed by atoms with Crippen molar-refractivity contribution in [2.75, 3.05) is 24.5 Å². The quantitative estimate of drug-likeness (QED) is 0.700. The van der Waals surface area contributed by atoms with E-state index in [2.05, 4.69) is 30.6 Å². The molecule has 3 aromatic rings. The van der Waals surface area contributed by atoms with Gasteiger partial charge < -0.3 is 14.7 Å². The number of aryl methyl sites for hydroxylation is 2. The van der Waals surface area contributed by atoms with E-state index in [0.29, 0.717) is 24.6 Å². The molecule has 0 aromatic carbocycles. The minimum atomic E-state index is -0.00524. The van der Waals surface area contributed by atoms with Gasteiger partial charge in [-0.05, 0) is 38.1 Å². The molecule has 4 rings (SSSR count). The van der Waals surface area contributed by atoms with Crippen LogP contribution in [0, 0.1) is 19.8 Å². The zero-order valence-corrected chi connectivity index (χ0v) is 15.9. The third-order valence-electron chi connectivity index (χ3n) is 5.01. The SMILES string of the molecule is Cc1noc(C)c1CC(=O)NCC1CN(c2ccc(-c3ccncc3)nn2)C1. The predicted molar refractivity (Wildman–Crippen MR) is 104 cm³/mol. The first-order valence-electron chi connectivity index (χ1n) is 9.27. The fourth-order valence-corrected chi connectivity index (χ4v) is 3.29. The van der Waals surface area contributed by atoms with Crippen LogP contribution in [0.25, 0.3) is 11.3 Å². The van der Waals surface area contributed by atoms with Crippen LogP contribution >= 0.6 is 0 Å². The van der Waals surface area contributed by atoms with Gasteiger partial charge in [0.05, 0.1) is 17.8 Å². The molecular weight excluding hydrogens is 356 g/mol. The summed E-state index contributed by atoms with van der Waals surface area (Å²) in [7, 11) is 0. The van der Waals surface area contributed by atoms with Gasteiger partial charge >= 0.3 is 0 Å². The molecule has 0 spiro atoms. The lowest BCUT2D eigenvalue weighted by atomic mass is 10.00. The second-order valence-electron chi connectivity index (χ2n) is 7.07. The summed E-state index contributed by atoms with van der Waals surface area (Å²) >= 11 is 0. The lowest BCUT2D eigenvalue weighted by molar-refractivity contribution is -0.120. The number of amides is 1. The average Bonchev–Trinajstić information content (AvgIpc) is 3.00. The van der Waals surface area contributed by atoms with Gasteiger partial charge in [-0.25, -0.2) is 0 Å². The Morgan fingerprint density at radius 3 is 2.61 bits per heavy atom. The number of aromatic nitrogens is 4. The fourth-order valence-electron chi connectivity index (χ4n) is 3.29. The van der Waals surface area contributed by atoms with E-state index in [9.17, 15) is 4.79 Å². The minimum Gasteiger partial charge on any atom is -0.361 e. The van der Waals surface area contributed by atoms with E-state index in [1.54, 1.807) is 12.4 Å². The Bertz CT molecular complexity index is 929. The van der Waals surface area contributed by atoms with Gasteiger partial charge in [-0.2, -0.15) is 0 Å². The summed E-state index contributed by atoms with van der Waals surface area (Å²) in [6, 6.07) is 7.77. The lowest BCUT2D eigenvalue weighted by Gasteiger charge is -2.39. The topological polar surface area (TPSA) is 97.0 Å². The van der Waals surface area contributed by atoms with E-state index in [1.165, 1.54) is 0 Å². The fraction of sp³-hybridized carbons (Fsp3) is 0.350. The maximum atomic E-state index is 12.2. The molecule has 1 fully saturated rings. The number of nitrogens with one attached hydrogen (secondary N) is 1. The Balaban J connectivity index is 1.24. The molecule has 3 aromatic heterocycles. The van der Waals surface area contributed by atoms with E-state index < -0.39 is 0 Å². The highest BCUT2D eigenvalue weighted by molar-refractivity contribution is 5.79. The van der Waals surface area contributed by atoms with E-state index in [-0.39, 0.29) is 5.91 Å². The number of carbonyl (C=O) groups is 1. The molecule has 28 heavy (non-hydrogen) atoms. The van der Waals surface area contributed by atoms with Crippen LogP contribution in [0.4, 0.5) is 5.82 Å². The van der Waals surface area contributed by atoms with Crippen molar-refractivity contribution in [2.45, 2.75) is 20.3 Å². The third kappa shape index (κ3) is 3.85. The standard InChI is InChI=1S/C20H22N6O2/c1-13-17(14(2)28-25-13)9-20(27)22-10-15-11-26(12-15)19-4-3-18(23-24-19)16-5-7-21-8-6-16/h3-8,15H,9-12H2,1-2H3,(H,22,27). The molecule has 0 atom stereocenters. The largest absolute Gasteiger partial charge is 0.361 e. The summed E-state index contributed by atoms with van der Waals surface area (Å²) in [4.78, 5) is 18.3. The number of hydrogen-bond acceptors (Lipinski definition) is 7. The van der Waals surface area contributed by atoms with Crippen LogP contribution in [-0.2, 0) is 11.2 Å². The second-order valence-corrected chi connectivity index (χ2v) is 7.07. The Kier molecular flexibility index (Phi) is 5.01. The highest BCUT2D eigenvalue weighted by Gasteiger charge is 2.28. The second kappa shape index (κ2) is 7.75. The zero-order valence-electron chi connectivity index (χ0n) is 15.9. The van der Waals surface area contributed by atoms with Crippen LogP contribution in [0.15, 0.2) is 41.2 Å². The van der Waals surface area contributed by atoms with Crippen LogP contribution in [0.1, 0.15) is 17.0 Å². The summed E-state index contributed by atoms with van der Waals surface area (Å²) in [5.74, 6) is 1.97. The molecule has 144 valence electrons. The van der Waals surface area contributed by atoms with Crippen molar-refractivity contribution in [3.63, 3.8) is 0 Å². The summed E-state index contributed by atoms with van der Waals surface area (Å²) in [5, 5.41) is 15.5. The molecular formula is C20H22N6O2. The molecule has 1 aliphatic heterocycles. The van der Waals surface area contributed by atoms with E-state index in [4.69, 9.17) is 4.52 Å². The Labute approximate surface area is 163 Å². The molecule has 8 nitrogen and oxygen atoms in total. The number of carbonyl (C=O) groups excluding carboxylic acids is 1. The van der Waals surface area contributed by atoms with Crippen molar-refractivity contribution < 1.29 is 9.32 Å². The normalized spacial score (nSPS) is 14.0. The highest BCUT2D eigenvalue weighted by Crippen LogP contribution is 2.23. The first kappa shape index (κ1) is 18.1. The van der Waals surface area contributed by atoms with Crippen LogP contribution in [-0.4, -0.2) is 45.9 Å². The number of pyridine rings is 1. The lowest BCUT2D eigenvalue weighted by Crippen LogP contribution is -2.52. The maximum absolute atomic E-state index is 12.2. The molecule has 0 bridgehead atoms. The molecule has 1 aliphatic rings. The Morgan fingerprint density at radius 2 is 1.96 bits per heavy atom.